The predicted molar refractivity (Wildman–Crippen MR) is 83.4 cm³/mol. The van der Waals surface area contributed by atoms with Crippen molar-refractivity contribution in [3.63, 3.8) is 0 Å². The summed E-state index contributed by atoms with van der Waals surface area (Å²) in [5.41, 5.74) is 7.98. The van der Waals surface area contributed by atoms with Gasteiger partial charge in [-0.05, 0) is 33.3 Å². The number of carbonyl (C=O) groups is 1. The molecule has 5 nitrogen and oxygen atoms in total. The van der Waals surface area contributed by atoms with Gasteiger partial charge in [-0.15, -0.1) is 0 Å². The molecule has 0 saturated heterocycles. The third-order valence-corrected chi connectivity index (χ3v) is 3.15. The lowest BCUT2D eigenvalue weighted by Gasteiger charge is -2.19. The zero-order valence-electron chi connectivity index (χ0n) is 13.3. The lowest BCUT2D eigenvalue weighted by molar-refractivity contribution is -0.127. The molecule has 0 radical (unpaired) electrons. The van der Waals surface area contributed by atoms with Crippen molar-refractivity contribution in [2.75, 3.05) is 20.3 Å². The second-order valence-corrected chi connectivity index (χ2v) is 5.23. The van der Waals surface area contributed by atoms with Gasteiger partial charge in [-0.25, -0.2) is 0 Å². The Labute approximate surface area is 126 Å². The Bertz CT molecular complexity index is 461. The summed E-state index contributed by atoms with van der Waals surface area (Å²) in [6.07, 6.45) is 0.220. The summed E-state index contributed by atoms with van der Waals surface area (Å²) in [5, 5.41) is 2.82. The molecule has 0 aromatic heterocycles. The molecule has 118 valence electrons. The van der Waals surface area contributed by atoms with Gasteiger partial charge in [0.05, 0.1) is 0 Å². The maximum absolute atomic E-state index is 12.0. The van der Waals surface area contributed by atoms with Crippen molar-refractivity contribution >= 4 is 5.91 Å². The third-order valence-electron chi connectivity index (χ3n) is 3.15. The molecular formula is C16H26N2O3. The quantitative estimate of drug-likeness (QED) is 0.719. The summed E-state index contributed by atoms with van der Waals surface area (Å²) in [4.78, 5) is 12.0. The van der Waals surface area contributed by atoms with Crippen molar-refractivity contribution in [1.82, 2.24) is 5.32 Å². The highest BCUT2D eigenvalue weighted by atomic mass is 16.5. The number of rotatable bonds is 8. The first-order chi connectivity index (χ1) is 9.95. The molecule has 0 aliphatic carbocycles. The lowest BCUT2D eigenvalue weighted by Crippen LogP contribution is -2.37. The number of amides is 1. The minimum Gasteiger partial charge on any atom is -0.481 e. The number of hydrogen-bond donors (Lipinski definition) is 2. The molecule has 1 aromatic carbocycles. The highest BCUT2D eigenvalue weighted by molar-refractivity contribution is 5.80. The molecule has 21 heavy (non-hydrogen) atoms. The standard InChI is InChI=1S/C16H26N2O3/c1-11-6-7-15(14(10-11)12(2)17)21-13(3)16(19)18-8-5-9-20-4/h6-7,10,12-13H,5,8-9,17H2,1-4H3,(H,18,19). The number of ether oxygens (including phenoxy) is 2. The molecule has 0 aliphatic heterocycles. The summed E-state index contributed by atoms with van der Waals surface area (Å²) in [5.74, 6) is 0.525. The van der Waals surface area contributed by atoms with Crippen LogP contribution in [0.1, 0.15) is 37.4 Å². The molecule has 5 heteroatoms. The van der Waals surface area contributed by atoms with Crippen LogP contribution in [-0.4, -0.2) is 32.3 Å². The molecule has 2 unspecified atom stereocenters. The maximum atomic E-state index is 12.0. The molecule has 1 rings (SSSR count). The summed E-state index contributed by atoms with van der Waals surface area (Å²) in [6, 6.07) is 5.66. The fourth-order valence-corrected chi connectivity index (χ4v) is 1.95. The van der Waals surface area contributed by atoms with Gasteiger partial charge in [-0.1, -0.05) is 17.7 Å². The van der Waals surface area contributed by atoms with E-state index in [0.717, 1.165) is 17.5 Å². The Balaban J connectivity index is 2.61. The third kappa shape index (κ3) is 5.73. The van der Waals surface area contributed by atoms with Crippen molar-refractivity contribution in [2.45, 2.75) is 39.3 Å². The normalized spacial score (nSPS) is 13.6. The van der Waals surface area contributed by atoms with Crippen LogP contribution in [0.15, 0.2) is 18.2 Å². The summed E-state index contributed by atoms with van der Waals surface area (Å²) in [7, 11) is 1.64. The van der Waals surface area contributed by atoms with Crippen LogP contribution in [-0.2, 0) is 9.53 Å². The van der Waals surface area contributed by atoms with Gasteiger partial charge in [0.1, 0.15) is 5.75 Å². The van der Waals surface area contributed by atoms with Gasteiger partial charge in [0.2, 0.25) is 0 Å². The van der Waals surface area contributed by atoms with Crippen molar-refractivity contribution < 1.29 is 14.3 Å². The molecule has 0 heterocycles. The van der Waals surface area contributed by atoms with Gasteiger partial charge in [-0.3, -0.25) is 4.79 Å². The summed E-state index contributed by atoms with van der Waals surface area (Å²) < 4.78 is 10.7. The number of aryl methyl sites for hydroxylation is 1. The van der Waals surface area contributed by atoms with E-state index in [9.17, 15) is 4.79 Å². The molecule has 1 amide bonds. The van der Waals surface area contributed by atoms with Crippen LogP contribution in [0.25, 0.3) is 0 Å². The predicted octanol–water partition coefficient (Wildman–Crippen LogP) is 1.93. The van der Waals surface area contributed by atoms with E-state index in [1.165, 1.54) is 0 Å². The van der Waals surface area contributed by atoms with E-state index in [-0.39, 0.29) is 11.9 Å². The van der Waals surface area contributed by atoms with Crippen LogP contribution in [0.4, 0.5) is 0 Å². The topological polar surface area (TPSA) is 73.6 Å². The molecule has 0 bridgehead atoms. The van der Waals surface area contributed by atoms with E-state index < -0.39 is 6.10 Å². The van der Waals surface area contributed by atoms with Crippen molar-refractivity contribution in [2.24, 2.45) is 5.73 Å². The molecule has 0 spiro atoms. The molecule has 1 aromatic rings. The van der Waals surface area contributed by atoms with Gasteiger partial charge in [0.15, 0.2) is 6.10 Å². The molecule has 3 N–H and O–H groups in total. The van der Waals surface area contributed by atoms with Crippen LogP contribution in [0.2, 0.25) is 0 Å². The van der Waals surface area contributed by atoms with Crippen LogP contribution >= 0.6 is 0 Å². The van der Waals surface area contributed by atoms with Crippen LogP contribution < -0.4 is 15.8 Å². The van der Waals surface area contributed by atoms with Gasteiger partial charge < -0.3 is 20.5 Å². The largest absolute Gasteiger partial charge is 0.481 e. The van der Waals surface area contributed by atoms with E-state index in [1.54, 1.807) is 14.0 Å². The van der Waals surface area contributed by atoms with E-state index in [2.05, 4.69) is 5.32 Å². The molecular weight excluding hydrogens is 268 g/mol. The second kappa shape index (κ2) is 8.64. The Morgan fingerprint density at radius 1 is 1.38 bits per heavy atom. The number of methoxy groups -OCH3 is 1. The lowest BCUT2D eigenvalue weighted by atomic mass is 10.1. The van der Waals surface area contributed by atoms with E-state index in [0.29, 0.717) is 18.9 Å². The Kier molecular flexibility index (Phi) is 7.19. The van der Waals surface area contributed by atoms with E-state index in [4.69, 9.17) is 15.2 Å². The first-order valence-electron chi connectivity index (χ1n) is 7.25. The highest BCUT2D eigenvalue weighted by Gasteiger charge is 2.17. The zero-order valence-corrected chi connectivity index (χ0v) is 13.3. The SMILES string of the molecule is COCCCNC(=O)C(C)Oc1ccc(C)cc1C(C)N. The summed E-state index contributed by atoms with van der Waals surface area (Å²) in [6.45, 7) is 6.84. The molecule has 0 aliphatic rings. The highest BCUT2D eigenvalue weighted by Crippen LogP contribution is 2.25. The molecule has 0 fully saturated rings. The van der Waals surface area contributed by atoms with E-state index >= 15 is 0 Å². The van der Waals surface area contributed by atoms with Gasteiger partial charge in [0, 0.05) is 31.9 Å². The van der Waals surface area contributed by atoms with Crippen molar-refractivity contribution in [3.05, 3.63) is 29.3 Å². The Morgan fingerprint density at radius 3 is 2.71 bits per heavy atom. The van der Waals surface area contributed by atoms with Crippen LogP contribution in [0.5, 0.6) is 5.75 Å². The van der Waals surface area contributed by atoms with E-state index in [1.807, 2.05) is 32.0 Å². The zero-order chi connectivity index (χ0) is 15.8. The van der Waals surface area contributed by atoms with Crippen molar-refractivity contribution in [3.8, 4) is 5.75 Å². The van der Waals surface area contributed by atoms with Gasteiger partial charge in [0.25, 0.3) is 5.91 Å². The number of hydrogen-bond acceptors (Lipinski definition) is 4. The summed E-state index contributed by atoms with van der Waals surface area (Å²) >= 11 is 0. The van der Waals surface area contributed by atoms with Crippen LogP contribution in [0, 0.1) is 6.92 Å². The van der Waals surface area contributed by atoms with Crippen molar-refractivity contribution in [1.29, 1.82) is 0 Å². The number of nitrogens with one attached hydrogen (secondary N) is 1. The monoisotopic (exact) mass is 294 g/mol. The number of benzene rings is 1. The average molecular weight is 294 g/mol. The molecule has 2 atom stereocenters. The fourth-order valence-electron chi connectivity index (χ4n) is 1.95. The first kappa shape index (κ1) is 17.5. The van der Waals surface area contributed by atoms with Crippen LogP contribution in [0.3, 0.4) is 0 Å². The maximum Gasteiger partial charge on any atom is 0.260 e. The second-order valence-electron chi connectivity index (χ2n) is 5.23. The fraction of sp³-hybridized carbons (Fsp3) is 0.562. The molecule has 0 saturated carbocycles. The van der Waals surface area contributed by atoms with Gasteiger partial charge >= 0.3 is 0 Å². The Hall–Kier alpha value is -1.59. The minimum absolute atomic E-state index is 0.137. The minimum atomic E-state index is -0.562. The first-order valence-corrected chi connectivity index (χ1v) is 7.25. The Morgan fingerprint density at radius 2 is 2.10 bits per heavy atom. The number of carbonyl (C=O) groups excluding carboxylic acids is 1. The van der Waals surface area contributed by atoms with Gasteiger partial charge in [-0.2, -0.15) is 0 Å². The average Bonchev–Trinajstić information content (AvgIpc) is 2.44. The smallest absolute Gasteiger partial charge is 0.260 e. The number of nitrogens with two attached hydrogens (primary N) is 1.